The molecule has 0 spiro atoms. The first kappa shape index (κ1) is 14.1. The predicted molar refractivity (Wildman–Crippen MR) is 86.7 cm³/mol. The lowest BCUT2D eigenvalue weighted by molar-refractivity contribution is 0.588. The maximum absolute atomic E-state index is 3.66. The minimum Gasteiger partial charge on any atom is -0.307 e. The quantitative estimate of drug-likeness (QED) is 0.602. The lowest BCUT2D eigenvalue weighted by Gasteiger charge is -2.23. The Kier molecular flexibility index (Phi) is 5.70. The highest BCUT2D eigenvalue weighted by Crippen LogP contribution is 2.31. The van der Waals surface area contributed by atoms with Crippen molar-refractivity contribution in [1.82, 2.24) is 5.32 Å². The van der Waals surface area contributed by atoms with E-state index in [4.69, 9.17) is 0 Å². The molecule has 1 nitrogen and oxygen atoms in total. The Morgan fingerprint density at radius 1 is 1.22 bits per heavy atom. The van der Waals surface area contributed by atoms with Crippen molar-refractivity contribution in [1.29, 1.82) is 0 Å². The van der Waals surface area contributed by atoms with Crippen molar-refractivity contribution in [2.75, 3.05) is 6.54 Å². The van der Waals surface area contributed by atoms with Crippen molar-refractivity contribution < 1.29 is 0 Å². The second-order valence-electron chi connectivity index (χ2n) is 4.89. The lowest BCUT2D eigenvalue weighted by Crippen LogP contribution is -2.23. The Morgan fingerprint density at radius 3 is 2.83 bits per heavy atom. The first-order valence-corrected chi connectivity index (χ1v) is 8.07. The zero-order chi connectivity index (χ0) is 12.8. The zero-order valence-corrected chi connectivity index (χ0v) is 13.2. The largest absolute Gasteiger partial charge is 0.307 e. The minimum atomic E-state index is 0.418. The Labute approximate surface area is 124 Å². The molecular weight excluding hydrogens is 333 g/mol. The summed E-state index contributed by atoms with van der Waals surface area (Å²) >= 11 is 2.45. The number of hydrogen-bond donors (Lipinski definition) is 1. The summed E-state index contributed by atoms with van der Waals surface area (Å²) in [6.07, 6.45) is 9.06. The average Bonchev–Trinajstić information content (AvgIpc) is 2.66. The van der Waals surface area contributed by atoms with Gasteiger partial charge in [-0.25, -0.2) is 0 Å². The van der Waals surface area contributed by atoms with Crippen LogP contribution in [0.4, 0.5) is 0 Å². The summed E-state index contributed by atoms with van der Waals surface area (Å²) in [4.78, 5) is 0. The SMILES string of the molecule is CCNC(C1=CCCCCC1)c1ccccc1I. The van der Waals surface area contributed by atoms with Gasteiger partial charge in [0.2, 0.25) is 0 Å². The summed E-state index contributed by atoms with van der Waals surface area (Å²) in [6.45, 7) is 3.22. The number of rotatable bonds is 4. The zero-order valence-electron chi connectivity index (χ0n) is 11.1. The fourth-order valence-electron chi connectivity index (χ4n) is 2.66. The van der Waals surface area contributed by atoms with Gasteiger partial charge in [0, 0.05) is 3.57 Å². The van der Waals surface area contributed by atoms with E-state index in [0.717, 1.165) is 6.54 Å². The number of hydrogen-bond acceptors (Lipinski definition) is 1. The van der Waals surface area contributed by atoms with Crippen molar-refractivity contribution in [3.8, 4) is 0 Å². The Hall–Kier alpha value is -0.350. The molecule has 0 bridgehead atoms. The van der Waals surface area contributed by atoms with Gasteiger partial charge in [0.25, 0.3) is 0 Å². The molecule has 0 aromatic heterocycles. The molecule has 0 fully saturated rings. The van der Waals surface area contributed by atoms with Crippen LogP contribution in [-0.2, 0) is 0 Å². The molecule has 1 N–H and O–H groups in total. The van der Waals surface area contributed by atoms with Gasteiger partial charge < -0.3 is 5.32 Å². The normalized spacial score (nSPS) is 18.0. The molecule has 2 heteroatoms. The summed E-state index contributed by atoms with van der Waals surface area (Å²) in [5, 5.41) is 3.66. The van der Waals surface area contributed by atoms with E-state index in [1.54, 1.807) is 5.57 Å². The maximum Gasteiger partial charge on any atom is 0.0546 e. The van der Waals surface area contributed by atoms with E-state index in [9.17, 15) is 0 Å². The van der Waals surface area contributed by atoms with Crippen LogP contribution in [0.15, 0.2) is 35.9 Å². The maximum atomic E-state index is 3.66. The van der Waals surface area contributed by atoms with Gasteiger partial charge in [-0.15, -0.1) is 0 Å². The van der Waals surface area contributed by atoms with Crippen LogP contribution in [0.1, 0.15) is 50.6 Å². The van der Waals surface area contributed by atoms with Gasteiger partial charge in [0.15, 0.2) is 0 Å². The van der Waals surface area contributed by atoms with Gasteiger partial charge in [-0.1, -0.05) is 43.2 Å². The average molecular weight is 355 g/mol. The molecular formula is C16H22IN. The van der Waals surface area contributed by atoms with Crippen LogP contribution in [-0.4, -0.2) is 6.54 Å². The van der Waals surface area contributed by atoms with Gasteiger partial charge in [-0.05, 0) is 66.4 Å². The predicted octanol–water partition coefficient (Wildman–Crippen LogP) is 4.83. The van der Waals surface area contributed by atoms with Crippen molar-refractivity contribution in [2.24, 2.45) is 0 Å². The molecule has 0 aliphatic heterocycles. The summed E-state index contributed by atoms with van der Waals surface area (Å²) < 4.78 is 1.37. The van der Waals surface area contributed by atoms with Crippen LogP contribution in [0.5, 0.6) is 0 Å². The van der Waals surface area contributed by atoms with E-state index >= 15 is 0 Å². The molecule has 1 aromatic rings. The van der Waals surface area contributed by atoms with Gasteiger partial charge in [-0.3, -0.25) is 0 Å². The topological polar surface area (TPSA) is 12.0 Å². The first-order chi connectivity index (χ1) is 8.83. The van der Waals surface area contributed by atoms with Crippen LogP contribution in [0.2, 0.25) is 0 Å². The van der Waals surface area contributed by atoms with Gasteiger partial charge >= 0.3 is 0 Å². The monoisotopic (exact) mass is 355 g/mol. The molecule has 18 heavy (non-hydrogen) atoms. The molecule has 1 aliphatic carbocycles. The highest BCUT2D eigenvalue weighted by atomic mass is 127. The molecule has 1 aromatic carbocycles. The fraction of sp³-hybridized carbons (Fsp3) is 0.500. The number of nitrogens with one attached hydrogen (secondary N) is 1. The fourth-order valence-corrected chi connectivity index (χ4v) is 3.35. The Morgan fingerprint density at radius 2 is 2.06 bits per heavy atom. The van der Waals surface area contributed by atoms with E-state index in [2.05, 4.69) is 65.2 Å². The molecule has 0 radical (unpaired) electrons. The molecule has 1 atom stereocenters. The lowest BCUT2D eigenvalue weighted by atomic mass is 9.95. The summed E-state index contributed by atoms with van der Waals surface area (Å²) in [6, 6.07) is 9.16. The minimum absolute atomic E-state index is 0.418. The molecule has 0 heterocycles. The Bertz CT molecular complexity index is 411. The van der Waals surface area contributed by atoms with Crippen LogP contribution in [0.3, 0.4) is 0 Å². The second-order valence-corrected chi connectivity index (χ2v) is 6.05. The first-order valence-electron chi connectivity index (χ1n) is 6.99. The van der Waals surface area contributed by atoms with Crippen molar-refractivity contribution in [3.05, 3.63) is 45.0 Å². The third-order valence-corrected chi connectivity index (χ3v) is 4.55. The number of halogens is 1. The van der Waals surface area contributed by atoms with E-state index in [1.807, 2.05) is 0 Å². The molecule has 2 rings (SSSR count). The third-order valence-electron chi connectivity index (χ3n) is 3.57. The van der Waals surface area contributed by atoms with E-state index < -0.39 is 0 Å². The molecule has 0 saturated carbocycles. The molecule has 98 valence electrons. The smallest absolute Gasteiger partial charge is 0.0546 e. The summed E-state index contributed by atoms with van der Waals surface area (Å²) in [7, 11) is 0. The van der Waals surface area contributed by atoms with Crippen LogP contribution >= 0.6 is 22.6 Å². The number of benzene rings is 1. The van der Waals surface area contributed by atoms with Crippen LogP contribution < -0.4 is 5.32 Å². The molecule has 0 saturated heterocycles. The number of likely N-dealkylation sites (N-methyl/N-ethyl adjacent to an activating group) is 1. The molecule has 1 aliphatic rings. The summed E-state index contributed by atoms with van der Waals surface area (Å²) in [5.74, 6) is 0. The van der Waals surface area contributed by atoms with Crippen molar-refractivity contribution in [3.63, 3.8) is 0 Å². The van der Waals surface area contributed by atoms with E-state index in [0.29, 0.717) is 6.04 Å². The Balaban J connectivity index is 2.27. The molecule has 0 amide bonds. The summed E-state index contributed by atoms with van der Waals surface area (Å²) in [5.41, 5.74) is 3.03. The third kappa shape index (κ3) is 3.58. The molecule has 1 unspecified atom stereocenters. The van der Waals surface area contributed by atoms with Gasteiger partial charge in [0.05, 0.1) is 6.04 Å². The van der Waals surface area contributed by atoms with Gasteiger partial charge in [-0.2, -0.15) is 0 Å². The van der Waals surface area contributed by atoms with Crippen molar-refractivity contribution >= 4 is 22.6 Å². The van der Waals surface area contributed by atoms with Crippen molar-refractivity contribution in [2.45, 2.75) is 45.1 Å². The highest BCUT2D eigenvalue weighted by Gasteiger charge is 2.18. The van der Waals surface area contributed by atoms with Crippen LogP contribution in [0.25, 0.3) is 0 Å². The van der Waals surface area contributed by atoms with Crippen LogP contribution in [0, 0.1) is 3.57 Å². The second kappa shape index (κ2) is 7.29. The van der Waals surface area contributed by atoms with E-state index in [-0.39, 0.29) is 0 Å². The standard InChI is InChI=1S/C16H22IN/c1-2-18-16(13-9-5-3-4-6-10-13)14-11-7-8-12-15(14)17/h7-9,11-12,16,18H,2-6,10H2,1H3. The number of allylic oxidation sites excluding steroid dienone is 1. The van der Waals surface area contributed by atoms with Gasteiger partial charge in [0.1, 0.15) is 0 Å². The highest BCUT2D eigenvalue weighted by molar-refractivity contribution is 14.1. The van der Waals surface area contributed by atoms with E-state index in [1.165, 1.54) is 41.2 Å².